The molecule has 0 unspecified atom stereocenters. The zero-order chi connectivity index (χ0) is 18.6. The van der Waals surface area contributed by atoms with Gasteiger partial charge in [-0.05, 0) is 47.9 Å². The van der Waals surface area contributed by atoms with Crippen molar-refractivity contribution in [3.05, 3.63) is 96.4 Å². The van der Waals surface area contributed by atoms with Crippen molar-refractivity contribution in [2.75, 3.05) is 0 Å². The number of aryl methyl sites for hydroxylation is 1. The molecule has 0 fully saturated rings. The van der Waals surface area contributed by atoms with E-state index in [0.29, 0.717) is 6.54 Å². The maximum absolute atomic E-state index is 10.4. The molecule has 4 heteroatoms. The fourth-order valence-corrected chi connectivity index (χ4v) is 3.16. The number of aliphatic hydroxyl groups is 1. The Balaban J connectivity index is 1.56. The van der Waals surface area contributed by atoms with Crippen LogP contribution in [0.2, 0.25) is 0 Å². The minimum atomic E-state index is -0.579. The van der Waals surface area contributed by atoms with Crippen LogP contribution in [0.4, 0.5) is 0 Å². The number of hydrogen-bond acceptors (Lipinski definition) is 3. The first-order valence-corrected chi connectivity index (χ1v) is 8.99. The van der Waals surface area contributed by atoms with Gasteiger partial charge in [0.1, 0.15) is 0 Å². The molecule has 2 aromatic heterocycles. The van der Waals surface area contributed by atoms with Crippen molar-refractivity contribution in [3.8, 4) is 22.4 Å². The molecule has 0 bridgehead atoms. The first kappa shape index (κ1) is 17.2. The highest BCUT2D eigenvalue weighted by atomic mass is 16.3. The Hall–Kier alpha value is -3.24. The molecule has 4 rings (SSSR count). The highest BCUT2D eigenvalue weighted by molar-refractivity contribution is 5.71. The van der Waals surface area contributed by atoms with E-state index in [-0.39, 0.29) is 0 Å². The molecule has 0 aliphatic rings. The molecule has 0 saturated carbocycles. The molecule has 0 aliphatic heterocycles. The SMILES string of the molecule is Cc1cc(-c2cccc(-c3ccn(C[C@H](O)c4ccccc4)n3)c2)ccn1. The third-order valence-corrected chi connectivity index (χ3v) is 4.57. The van der Waals surface area contributed by atoms with Gasteiger partial charge in [0.05, 0.1) is 18.3 Å². The summed E-state index contributed by atoms with van der Waals surface area (Å²) < 4.78 is 1.79. The molecule has 4 nitrogen and oxygen atoms in total. The van der Waals surface area contributed by atoms with E-state index in [1.165, 1.54) is 0 Å². The van der Waals surface area contributed by atoms with Crippen molar-refractivity contribution in [2.45, 2.75) is 19.6 Å². The van der Waals surface area contributed by atoms with Crippen LogP contribution in [0, 0.1) is 6.92 Å². The normalized spacial score (nSPS) is 12.1. The maximum atomic E-state index is 10.4. The summed E-state index contributed by atoms with van der Waals surface area (Å²) in [4.78, 5) is 4.26. The molecule has 0 radical (unpaired) electrons. The molecule has 27 heavy (non-hydrogen) atoms. The van der Waals surface area contributed by atoms with Crippen LogP contribution in [-0.2, 0) is 6.54 Å². The Morgan fingerprint density at radius 2 is 1.67 bits per heavy atom. The van der Waals surface area contributed by atoms with E-state index in [9.17, 15) is 5.11 Å². The molecule has 0 spiro atoms. The lowest BCUT2D eigenvalue weighted by Crippen LogP contribution is -2.09. The van der Waals surface area contributed by atoms with Crippen LogP contribution >= 0.6 is 0 Å². The van der Waals surface area contributed by atoms with Crippen LogP contribution in [0.1, 0.15) is 17.4 Å². The Bertz CT molecular complexity index is 1040. The Labute approximate surface area is 158 Å². The number of nitrogens with zero attached hydrogens (tertiary/aromatic N) is 3. The van der Waals surface area contributed by atoms with Crippen molar-refractivity contribution in [1.82, 2.24) is 14.8 Å². The second-order valence-corrected chi connectivity index (χ2v) is 6.62. The Morgan fingerprint density at radius 3 is 2.48 bits per heavy atom. The van der Waals surface area contributed by atoms with Crippen molar-refractivity contribution < 1.29 is 5.11 Å². The van der Waals surface area contributed by atoms with Gasteiger partial charge in [0.25, 0.3) is 0 Å². The third kappa shape index (κ3) is 3.96. The summed E-state index contributed by atoms with van der Waals surface area (Å²) in [5.74, 6) is 0. The maximum Gasteiger partial charge on any atom is 0.0985 e. The number of rotatable bonds is 5. The largest absolute Gasteiger partial charge is 0.386 e. The minimum Gasteiger partial charge on any atom is -0.386 e. The number of pyridine rings is 1. The molecule has 0 amide bonds. The van der Waals surface area contributed by atoms with E-state index in [1.807, 2.05) is 67.8 Å². The van der Waals surface area contributed by atoms with Gasteiger partial charge in [0.2, 0.25) is 0 Å². The number of aliphatic hydroxyl groups excluding tert-OH is 1. The van der Waals surface area contributed by atoms with E-state index in [4.69, 9.17) is 0 Å². The summed E-state index contributed by atoms with van der Waals surface area (Å²) in [6.07, 6.45) is 3.16. The zero-order valence-corrected chi connectivity index (χ0v) is 15.2. The standard InChI is InChI=1S/C23H21N3O/c1-17-14-20(10-12-24-17)19-8-5-9-21(15-19)22-11-13-26(25-22)16-23(27)18-6-3-2-4-7-18/h2-15,23,27H,16H2,1H3/t23-/m0/s1. The first-order valence-electron chi connectivity index (χ1n) is 8.99. The molecule has 4 aromatic rings. The summed E-state index contributed by atoms with van der Waals surface area (Å²) in [7, 11) is 0. The summed E-state index contributed by atoms with van der Waals surface area (Å²) >= 11 is 0. The van der Waals surface area contributed by atoms with Gasteiger partial charge in [-0.3, -0.25) is 9.67 Å². The van der Waals surface area contributed by atoms with Gasteiger partial charge in [-0.2, -0.15) is 5.10 Å². The first-order chi connectivity index (χ1) is 13.2. The monoisotopic (exact) mass is 355 g/mol. The molecule has 0 saturated heterocycles. The average Bonchev–Trinajstić information content (AvgIpc) is 3.17. The summed E-state index contributed by atoms with van der Waals surface area (Å²) in [6, 6.07) is 24.0. The molecule has 1 N–H and O–H groups in total. The highest BCUT2D eigenvalue weighted by Crippen LogP contribution is 2.26. The van der Waals surface area contributed by atoms with E-state index in [0.717, 1.165) is 33.6 Å². The van der Waals surface area contributed by atoms with Gasteiger partial charge in [-0.25, -0.2) is 0 Å². The second kappa shape index (κ2) is 7.56. The molecule has 0 aliphatic carbocycles. The van der Waals surface area contributed by atoms with Crippen LogP contribution in [0.25, 0.3) is 22.4 Å². The van der Waals surface area contributed by atoms with E-state index >= 15 is 0 Å². The van der Waals surface area contributed by atoms with Crippen molar-refractivity contribution >= 4 is 0 Å². The third-order valence-electron chi connectivity index (χ3n) is 4.57. The summed E-state index contributed by atoms with van der Waals surface area (Å²) in [5, 5.41) is 15.0. The molecule has 134 valence electrons. The van der Waals surface area contributed by atoms with E-state index in [1.54, 1.807) is 4.68 Å². The van der Waals surface area contributed by atoms with Gasteiger partial charge in [-0.1, -0.05) is 48.5 Å². The smallest absolute Gasteiger partial charge is 0.0985 e. The van der Waals surface area contributed by atoms with Crippen LogP contribution in [0.15, 0.2) is 85.2 Å². The Kier molecular flexibility index (Phi) is 4.81. The second-order valence-electron chi connectivity index (χ2n) is 6.62. The van der Waals surface area contributed by atoms with Crippen LogP contribution in [0.3, 0.4) is 0 Å². The van der Waals surface area contributed by atoms with Gasteiger partial charge in [0, 0.05) is 23.7 Å². The summed E-state index contributed by atoms with van der Waals surface area (Å²) in [6.45, 7) is 2.42. The quantitative estimate of drug-likeness (QED) is 0.567. The average molecular weight is 355 g/mol. The molecular formula is C23H21N3O. The fourth-order valence-electron chi connectivity index (χ4n) is 3.16. The van der Waals surface area contributed by atoms with Crippen molar-refractivity contribution in [3.63, 3.8) is 0 Å². The summed E-state index contributed by atoms with van der Waals surface area (Å²) in [5.41, 5.74) is 6.11. The Morgan fingerprint density at radius 1 is 0.889 bits per heavy atom. The lowest BCUT2D eigenvalue weighted by Gasteiger charge is -2.10. The van der Waals surface area contributed by atoms with Crippen LogP contribution in [-0.4, -0.2) is 19.9 Å². The van der Waals surface area contributed by atoms with Gasteiger partial charge in [-0.15, -0.1) is 0 Å². The van der Waals surface area contributed by atoms with Crippen LogP contribution < -0.4 is 0 Å². The van der Waals surface area contributed by atoms with Gasteiger partial charge >= 0.3 is 0 Å². The van der Waals surface area contributed by atoms with Crippen LogP contribution in [0.5, 0.6) is 0 Å². The molecule has 1 atom stereocenters. The lowest BCUT2D eigenvalue weighted by molar-refractivity contribution is 0.151. The molecular weight excluding hydrogens is 334 g/mol. The fraction of sp³-hybridized carbons (Fsp3) is 0.130. The van der Waals surface area contributed by atoms with E-state index < -0.39 is 6.10 Å². The lowest BCUT2D eigenvalue weighted by atomic mass is 10.0. The molecule has 2 heterocycles. The minimum absolute atomic E-state index is 0.424. The zero-order valence-electron chi connectivity index (χ0n) is 15.2. The number of aromatic nitrogens is 3. The predicted octanol–water partition coefficient (Wildman–Crippen LogP) is 4.65. The highest BCUT2D eigenvalue weighted by Gasteiger charge is 2.10. The number of hydrogen-bond donors (Lipinski definition) is 1. The van der Waals surface area contributed by atoms with Crippen molar-refractivity contribution in [1.29, 1.82) is 0 Å². The van der Waals surface area contributed by atoms with Gasteiger partial charge in [0.15, 0.2) is 0 Å². The van der Waals surface area contributed by atoms with Crippen molar-refractivity contribution in [2.24, 2.45) is 0 Å². The predicted molar refractivity (Wildman–Crippen MR) is 107 cm³/mol. The van der Waals surface area contributed by atoms with E-state index in [2.05, 4.69) is 34.3 Å². The molecule has 2 aromatic carbocycles. The topological polar surface area (TPSA) is 50.9 Å². The van der Waals surface area contributed by atoms with Gasteiger partial charge < -0.3 is 5.11 Å². The number of benzene rings is 2.